The lowest BCUT2D eigenvalue weighted by atomic mass is 10.2. The lowest BCUT2D eigenvalue weighted by Gasteiger charge is -2.14. The molecule has 4 nitrogen and oxygen atoms in total. The summed E-state index contributed by atoms with van der Waals surface area (Å²) in [6, 6.07) is 4.30. The van der Waals surface area contributed by atoms with Gasteiger partial charge in [0, 0.05) is 0 Å². The second-order valence-electron chi connectivity index (χ2n) is 4.48. The molecule has 0 amide bonds. The average Bonchev–Trinajstić information content (AvgIpc) is 2.38. The molecule has 1 aromatic rings. The van der Waals surface area contributed by atoms with Gasteiger partial charge in [-0.15, -0.1) is 5.54 Å². The number of benzene rings is 1. The van der Waals surface area contributed by atoms with Crippen molar-refractivity contribution < 1.29 is 26.3 Å². The number of methoxy groups -OCH3 is 1. The van der Waals surface area contributed by atoms with E-state index in [1.165, 1.54) is 30.0 Å². The molecule has 0 spiro atoms. The molecule has 0 saturated carbocycles. The molecule has 0 saturated heterocycles. The Morgan fingerprint density at radius 2 is 1.95 bits per heavy atom. The average molecular weight is 349 g/mol. The molecule has 120 valence electrons. The molecule has 22 heavy (non-hydrogen) atoms. The van der Waals surface area contributed by atoms with Crippen molar-refractivity contribution in [2.45, 2.75) is 24.9 Å². The number of sulfonamides is 1. The van der Waals surface area contributed by atoms with E-state index in [0.29, 0.717) is 5.54 Å². The highest BCUT2D eigenvalue weighted by Gasteiger charge is 2.46. The van der Waals surface area contributed by atoms with Crippen LogP contribution in [0.15, 0.2) is 18.2 Å². The SMILES string of the molecule is COc1cccc(C#C[Si]C(C)C)c1NS(=O)(=O)C(F)(F)F. The van der Waals surface area contributed by atoms with E-state index in [1.807, 2.05) is 13.8 Å². The highest BCUT2D eigenvalue weighted by Crippen LogP contribution is 2.32. The molecule has 1 N–H and O–H groups in total. The van der Waals surface area contributed by atoms with Gasteiger partial charge in [0.05, 0.1) is 12.7 Å². The van der Waals surface area contributed by atoms with E-state index in [9.17, 15) is 21.6 Å². The number of alkyl halides is 3. The maximum absolute atomic E-state index is 12.5. The van der Waals surface area contributed by atoms with Crippen LogP contribution >= 0.6 is 0 Å². The van der Waals surface area contributed by atoms with Crippen molar-refractivity contribution in [2.24, 2.45) is 0 Å². The van der Waals surface area contributed by atoms with Crippen molar-refractivity contribution in [3.63, 3.8) is 0 Å². The van der Waals surface area contributed by atoms with Crippen LogP contribution in [0, 0.1) is 11.5 Å². The largest absolute Gasteiger partial charge is 0.516 e. The van der Waals surface area contributed by atoms with Gasteiger partial charge in [0.1, 0.15) is 11.4 Å². The Hall–Kier alpha value is -1.66. The molecular weight excluding hydrogens is 335 g/mol. The van der Waals surface area contributed by atoms with Crippen LogP contribution in [0.3, 0.4) is 0 Å². The van der Waals surface area contributed by atoms with E-state index in [1.54, 1.807) is 0 Å². The molecule has 0 heterocycles. The predicted octanol–water partition coefficient (Wildman–Crippen LogP) is 2.80. The first-order valence-electron chi connectivity index (χ1n) is 6.11. The fraction of sp³-hybridized carbons (Fsp3) is 0.385. The quantitative estimate of drug-likeness (QED) is 0.672. The molecule has 0 unspecified atom stereocenters. The van der Waals surface area contributed by atoms with Gasteiger partial charge in [-0.1, -0.05) is 25.8 Å². The molecule has 0 aromatic heterocycles. The number of halogens is 3. The fourth-order valence-electron chi connectivity index (χ4n) is 1.35. The van der Waals surface area contributed by atoms with Crippen molar-refractivity contribution in [1.82, 2.24) is 0 Å². The second-order valence-corrected chi connectivity index (χ2v) is 7.85. The maximum atomic E-state index is 12.5. The molecule has 0 aliphatic heterocycles. The highest BCUT2D eigenvalue weighted by atomic mass is 32.2. The molecule has 2 radical (unpaired) electrons. The lowest BCUT2D eigenvalue weighted by Crippen LogP contribution is -2.30. The number of para-hydroxylation sites is 1. The van der Waals surface area contributed by atoms with Gasteiger partial charge < -0.3 is 4.74 Å². The van der Waals surface area contributed by atoms with Gasteiger partial charge in [-0.25, -0.2) is 0 Å². The summed E-state index contributed by atoms with van der Waals surface area (Å²) >= 11 is 0. The molecule has 0 aliphatic rings. The van der Waals surface area contributed by atoms with Gasteiger partial charge in [0.25, 0.3) is 0 Å². The Balaban J connectivity index is 3.29. The highest BCUT2D eigenvalue weighted by molar-refractivity contribution is 7.93. The smallest absolute Gasteiger partial charge is 0.495 e. The Kier molecular flexibility index (Phi) is 5.90. The summed E-state index contributed by atoms with van der Waals surface area (Å²) in [4.78, 5) is 0. The van der Waals surface area contributed by atoms with Gasteiger partial charge >= 0.3 is 15.5 Å². The normalized spacial score (nSPS) is 11.8. The van der Waals surface area contributed by atoms with Gasteiger partial charge in [0.2, 0.25) is 0 Å². The zero-order chi connectivity index (χ0) is 17.0. The summed E-state index contributed by atoms with van der Waals surface area (Å²) in [6.45, 7) is 3.90. The standard InChI is InChI=1S/C13H14F3NO3SSi/c1-9(2)22-8-7-10-5-4-6-11(20-3)12(10)17-21(18,19)13(14,15)16/h4-6,9,17H,1-3H3. The van der Waals surface area contributed by atoms with E-state index < -0.39 is 15.5 Å². The van der Waals surface area contributed by atoms with Crippen LogP contribution in [0.25, 0.3) is 0 Å². The Bertz CT molecular complexity index is 691. The van der Waals surface area contributed by atoms with Crippen LogP contribution < -0.4 is 9.46 Å². The van der Waals surface area contributed by atoms with Crippen LogP contribution in [0.5, 0.6) is 5.75 Å². The third-order valence-corrected chi connectivity index (χ3v) is 4.27. The zero-order valence-corrected chi connectivity index (χ0v) is 13.9. The summed E-state index contributed by atoms with van der Waals surface area (Å²) in [5, 5.41) is 0. The topological polar surface area (TPSA) is 55.4 Å². The summed E-state index contributed by atoms with van der Waals surface area (Å²) in [5.74, 6) is 2.65. The van der Waals surface area contributed by atoms with Gasteiger partial charge in [-0.2, -0.15) is 21.6 Å². The van der Waals surface area contributed by atoms with Crippen molar-refractivity contribution >= 4 is 25.2 Å². The van der Waals surface area contributed by atoms with Crippen molar-refractivity contribution in [3.05, 3.63) is 23.8 Å². The lowest BCUT2D eigenvalue weighted by molar-refractivity contribution is -0.0429. The van der Waals surface area contributed by atoms with Crippen LogP contribution in [0.2, 0.25) is 5.54 Å². The zero-order valence-electron chi connectivity index (χ0n) is 12.1. The number of nitrogens with one attached hydrogen (secondary N) is 1. The van der Waals surface area contributed by atoms with Gasteiger partial charge in [-0.3, -0.25) is 4.72 Å². The Morgan fingerprint density at radius 1 is 1.32 bits per heavy atom. The Morgan fingerprint density at radius 3 is 2.45 bits per heavy atom. The number of ether oxygens (including phenoxy) is 1. The second kappa shape index (κ2) is 7.06. The molecule has 9 heteroatoms. The van der Waals surface area contributed by atoms with E-state index in [0.717, 1.165) is 0 Å². The van der Waals surface area contributed by atoms with Crippen LogP contribution in [0.4, 0.5) is 18.9 Å². The van der Waals surface area contributed by atoms with Crippen molar-refractivity contribution in [2.75, 3.05) is 11.8 Å². The monoisotopic (exact) mass is 349 g/mol. The first-order valence-corrected chi connectivity index (χ1v) is 8.67. The minimum Gasteiger partial charge on any atom is -0.495 e. The molecule has 1 aromatic carbocycles. The molecule has 1 rings (SSSR count). The van der Waals surface area contributed by atoms with Crippen LogP contribution in [-0.4, -0.2) is 30.6 Å². The third kappa shape index (κ3) is 4.67. The summed E-state index contributed by atoms with van der Waals surface area (Å²) in [6.07, 6.45) is 0. The minimum absolute atomic E-state index is 0.0347. The molecule has 0 aliphatic carbocycles. The van der Waals surface area contributed by atoms with Crippen molar-refractivity contribution in [1.29, 1.82) is 0 Å². The number of hydrogen-bond donors (Lipinski definition) is 1. The summed E-state index contributed by atoms with van der Waals surface area (Å²) in [7, 11) is -4.03. The summed E-state index contributed by atoms with van der Waals surface area (Å²) in [5.41, 5.74) is -2.47. The first kappa shape index (κ1) is 18.4. The van der Waals surface area contributed by atoms with E-state index in [4.69, 9.17) is 4.74 Å². The number of anilines is 1. The Labute approximate surface area is 129 Å². The number of hydrogen-bond acceptors (Lipinski definition) is 3. The number of rotatable bonds is 4. The van der Waals surface area contributed by atoms with Crippen LogP contribution in [0.1, 0.15) is 19.4 Å². The first-order chi connectivity index (χ1) is 10.1. The molecular formula is C13H14F3NO3SSi. The van der Waals surface area contributed by atoms with E-state index in [-0.39, 0.29) is 26.5 Å². The minimum atomic E-state index is -5.54. The fourth-order valence-corrected chi connectivity index (χ4v) is 2.44. The van der Waals surface area contributed by atoms with Gasteiger partial charge in [0.15, 0.2) is 9.52 Å². The van der Waals surface area contributed by atoms with E-state index >= 15 is 0 Å². The van der Waals surface area contributed by atoms with E-state index in [2.05, 4.69) is 11.5 Å². The summed E-state index contributed by atoms with van der Waals surface area (Å²) < 4.78 is 66.5. The predicted molar refractivity (Wildman–Crippen MR) is 79.3 cm³/mol. The molecule has 0 atom stereocenters. The van der Waals surface area contributed by atoms with Crippen molar-refractivity contribution in [3.8, 4) is 17.2 Å². The maximum Gasteiger partial charge on any atom is 0.516 e. The van der Waals surface area contributed by atoms with Gasteiger partial charge in [-0.05, 0) is 17.7 Å². The van der Waals surface area contributed by atoms with Crippen LogP contribution in [-0.2, 0) is 10.0 Å². The molecule has 0 fully saturated rings. The third-order valence-electron chi connectivity index (χ3n) is 2.35. The molecule has 0 bridgehead atoms.